The molecule has 0 aliphatic rings. The van der Waals surface area contributed by atoms with Crippen LogP contribution < -0.4 is 9.47 Å². The number of rotatable bonds is 16. The molecule has 11 heteroatoms. The predicted molar refractivity (Wildman–Crippen MR) is 148 cm³/mol. The number of aliphatic carboxylic acids is 1. The van der Waals surface area contributed by atoms with Gasteiger partial charge in [-0.25, -0.2) is 9.59 Å². The zero-order chi connectivity index (χ0) is 30.4. The maximum atomic E-state index is 13.1. The molecule has 0 saturated heterocycles. The molecule has 3 rings (SSSR count). The second-order valence-corrected chi connectivity index (χ2v) is 9.25. The number of carboxylic acid groups (broad SMARTS) is 1. The van der Waals surface area contributed by atoms with Gasteiger partial charge < -0.3 is 29.0 Å². The molecule has 1 unspecified atom stereocenters. The minimum Gasteiger partial charge on any atom is -0.492 e. The lowest BCUT2D eigenvalue weighted by Gasteiger charge is -2.22. The van der Waals surface area contributed by atoms with Crippen molar-refractivity contribution >= 4 is 12.1 Å². The number of alkyl halides is 3. The second kappa shape index (κ2) is 16.4. The predicted octanol–water partition coefficient (Wildman–Crippen LogP) is 6.22. The van der Waals surface area contributed by atoms with Crippen molar-refractivity contribution in [3.63, 3.8) is 0 Å². The fraction of sp³-hybridized carbons (Fsp3) is 0.355. The highest BCUT2D eigenvalue weighted by Crippen LogP contribution is 2.31. The number of carbonyl (C=O) groups excluding carboxylic acids is 1. The summed E-state index contributed by atoms with van der Waals surface area (Å²) in [5.41, 5.74) is 0.843. The van der Waals surface area contributed by atoms with Crippen LogP contribution in [0.2, 0.25) is 0 Å². The molecule has 1 atom stereocenters. The Bertz CT molecular complexity index is 1250. The molecule has 0 radical (unpaired) electrons. The third-order valence-corrected chi connectivity index (χ3v) is 6.07. The minimum absolute atomic E-state index is 0.0820. The van der Waals surface area contributed by atoms with Gasteiger partial charge in [0.1, 0.15) is 18.1 Å². The summed E-state index contributed by atoms with van der Waals surface area (Å²) < 4.78 is 61.2. The van der Waals surface area contributed by atoms with Crippen LogP contribution in [0.15, 0.2) is 78.9 Å². The first-order valence-electron chi connectivity index (χ1n) is 13.5. The van der Waals surface area contributed by atoms with Gasteiger partial charge in [-0.15, -0.1) is 0 Å². The molecular formula is C31H34F3NO7. The molecule has 8 nitrogen and oxygen atoms in total. The van der Waals surface area contributed by atoms with Crippen molar-refractivity contribution in [2.45, 2.75) is 38.7 Å². The van der Waals surface area contributed by atoms with Gasteiger partial charge in [-0.2, -0.15) is 13.2 Å². The molecule has 0 aliphatic carbocycles. The number of nitrogens with zero attached hydrogens (tertiary/aromatic N) is 1. The van der Waals surface area contributed by atoms with Crippen molar-refractivity contribution in [1.82, 2.24) is 4.90 Å². The molecule has 0 aliphatic heterocycles. The van der Waals surface area contributed by atoms with Crippen LogP contribution in [0.5, 0.6) is 11.5 Å². The molecule has 42 heavy (non-hydrogen) atoms. The van der Waals surface area contributed by atoms with Gasteiger partial charge in [0.25, 0.3) is 0 Å². The molecular weight excluding hydrogens is 555 g/mol. The Morgan fingerprint density at radius 2 is 1.62 bits per heavy atom. The second-order valence-electron chi connectivity index (χ2n) is 9.25. The summed E-state index contributed by atoms with van der Waals surface area (Å²) in [5, 5.41) is 9.27. The number of carboxylic acids is 1. The molecule has 0 aromatic heterocycles. The Hall–Kier alpha value is -4.09. The Morgan fingerprint density at radius 3 is 2.29 bits per heavy atom. The van der Waals surface area contributed by atoms with Gasteiger partial charge in [0, 0.05) is 26.2 Å². The number of ether oxygens (including phenoxy) is 4. The number of halogens is 3. The highest BCUT2D eigenvalue weighted by atomic mass is 19.4. The summed E-state index contributed by atoms with van der Waals surface area (Å²) >= 11 is 0. The third kappa shape index (κ3) is 11.1. The standard InChI is InChI=1S/C31H34F3NO7/c1-2-40-28(29(36)37)20-23-12-14-26(15-13-23)41-19-17-35(16-7-18-39-22-24-8-4-3-5-9-24)30(38)42-27-11-6-10-25(21-27)31(32,33)34/h3-6,8-15,21,28H,2,7,16-20,22H2,1H3,(H,36,37). The Labute approximate surface area is 242 Å². The van der Waals surface area contributed by atoms with Gasteiger partial charge in [0.05, 0.1) is 18.7 Å². The van der Waals surface area contributed by atoms with Crippen LogP contribution in [0.4, 0.5) is 18.0 Å². The van der Waals surface area contributed by atoms with Crippen LogP contribution in [-0.2, 0) is 33.5 Å². The minimum atomic E-state index is -4.57. The van der Waals surface area contributed by atoms with E-state index in [4.69, 9.17) is 18.9 Å². The van der Waals surface area contributed by atoms with E-state index in [0.29, 0.717) is 25.4 Å². The quantitative estimate of drug-likeness (QED) is 0.198. The average molecular weight is 590 g/mol. The molecule has 226 valence electrons. The molecule has 0 spiro atoms. The largest absolute Gasteiger partial charge is 0.492 e. The summed E-state index contributed by atoms with van der Waals surface area (Å²) in [6.45, 7) is 3.18. The van der Waals surface area contributed by atoms with Crippen molar-refractivity contribution in [1.29, 1.82) is 0 Å². The van der Waals surface area contributed by atoms with Gasteiger partial charge in [-0.05, 0) is 54.8 Å². The van der Waals surface area contributed by atoms with Crippen molar-refractivity contribution in [2.24, 2.45) is 0 Å². The maximum absolute atomic E-state index is 13.1. The molecule has 0 heterocycles. The van der Waals surface area contributed by atoms with Crippen LogP contribution in [-0.4, -0.2) is 61.1 Å². The van der Waals surface area contributed by atoms with E-state index in [1.165, 1.54) is 17.0 Å². The fourth-order valence-electron chi connectivity index (χ4n) is 3.95. The van der Waals surface area contributed by atoms with Crippen LogP contribution in [0.1, 0.15) is 30.0 Å². The lowest BCUT2D eigenvalue weighted by Crippen LogP contribution is -2.38. The first kappa shape index (κ1) is 32.4. The van der Waals surface area contributed by atoms with Gasteiger partial charge >= 0.3 is 18.2 Å². The normalized spacial score (nSPS) is 12.0. The summed E-state index contributed by atoms with van der Waals surface area (Å²) in [6.07, 6.45) is -5.67. The highest BCUT2D eigenvalue weighted by Gasteiger charge is 2.31. The lowest BCUT2D eigenvalue weighted by atomic mass is 10.1. The fourth-order valence-corrected chi connectivity index (χ4v) is 3.95. The van der Waals surface area contributed by atoms with Crippen LogP contribution in [0.25, 0.3) is 0 Å². The maximum Gasteiger partial charge on any atom is 0.416 e. The third-order valence-electron chi connectivity index (χ3n) is 6.07. The van der Waals surface area contributed by atoms with Crippen molar-refractivity contribution in [3.05, 3.63) is 95.6 Å². The molecule has 3 aromatic carbocycles. The summed E-state index contributed by atoms with van der Waals surface area (Å²) in [7, 11) is 0. The molecule has 3 aromatic rings. The van der Waals surface area contributed by atoms with Crippen LogP contribution >= 0.6 is 0 Å². The molecule has 1 N–H and O–H groups in total. The summed E-state index contributed by atoms with van der Waals surface area (Å²) in [5.74, 6) is -0.762. The van der Waals surface area contributed by atoms with Gasteiger partial charge in [0.15, 0.2) is 6.10 Å². The Kier molecular flexibility index (Phi) is 12.6. The topological polar surface area (TPSA) is 94.5 Å². The van der Waals surface area contributed by atoms with E-state index in [0.717, 1.165) is 23.3 Å². The molecule has 0 saturated carbocycles. The zero-order valence-corrected chi connectivity index (χ0v) is 23.2. The monoisotopic (exact) mass is 589 g/mol. The van der Waals surface area contributed by atoms with Crippen molar-refractivity contribution < 1.29 is 46.8 Å². The molecule has 0 bridgehead atoms. The number of hydrogen-bond donors (Lipinski definition) is 1. The summed E-state index contributed by atoms with van der Waals surface area (Å²) in [4.78, 5) is 25.6. The number of carbonyl (C=O) groups is 2. The number of benzene rings is 3. The van der Waals surface area contributed by atoms with Gasteiger partial charge in [-0.3, -0.25) is 0 Å². The molecule has 1 amide bonds. The number of hydrogen-bond acceptors (Lipinski definition) is 6. The smallest absolute Gasteiger partial charge is 0.416 e. The molecule has 0 fully saturated rings. The zero-order valence-electron chi connectivity index (χ0n) is 23.2. The van der Waals surface area contributed by atoms with Gasteiger partial charge in [-0.1, -0.05) is 48.5 Å². The van der Waals surface area contributed by atoms with E-state index >= 15 is 0 Å². The van der Waals surface area contributed by atoms with Gasteiger partial charge in [0.2, 0.25) is 0 Å². The Morgan fingerprint density at radius 1 is 0.881 bits per heavy atom. The van der Waals surface area contributed by atoms with Crippen LogP contribution in [0, 0.1) is 0 Å². The van der Waals surface area contributed by atoms with Crippen molar-refractivity contribution in [2.75, 3.05) is 32.9 Å². The lowest BCUT2D eigenvalue weighted by molar-refractivity contribution is -0.150. The SMILES string of the molecule is CCOC(Cc1ccc(OCCN(CCCOCc2ccccc2)C(=O)Oc2cccc(C(F)(F)F)c2)cc1)C(=O)O. The highest BCUT2D eigenvalue weighted by molar-refractivity contribution is 5.72. The van der Waals surface area contributed by atoms with Crippen LogP contribution in [0.3, 0.4) is 0 Å². The Balaban J connectivity index is 1.56. The number of amides is 1. The van der Waals surface area contributed by atoms with E-state index in [1.807, 2.05) is 30.3 Å². The van der Waals surface area contributed by atoms with Crippen molar-refractivity contribution in [3.8, 4) is 11.5 Å². The first-order valence-corrected chi connectivity index (χ1v) is 13.5. The van der Waals surface area contributed by atoms with E-state index in [1.54, 1.807) is 31.2 Å². The first-order chi connectivity index (χ1) is 20.2. The van der Waals surface area contributed by atoms with E-state index in [-0.39, 0.29) is 38.5 Å². The van der Waals surface area contributed by atoms with E-state index in [2.05, 4.69) is 0 Å². The van der Waals surface area contributed by atoms with E-state index < -0.39 is 29.9 Å². The average Bonchev–Trinajstić information content (AvgIpc) is 2.97. The summed E-state index contributed by atoms with van der Waals surface area (Å²) in [6, 6.07) is 20.6. The van der Waals surface area contributed by atoms with E-state index in [9.17, 15) is 27.9 Å².